The first kappa shape index (κ1) is 30.3. The highest BCUT2D eigenvalue weighted by atomic mass is 31.2. The van der Waals surface area contributed by atoms with Crippen LogP contribution >= 0.6 is 7.60 Å². The largest absolute Gasteiger partial charge is 0.495 e. The summed E-state index contributed by atoms with van der Waals surface area (Å²) in [5.41, 5.74) is 6.21. The zero-order valence-electron chi connectivity index (χ0n) is 22.2. The summed E-state index contributed by atoms with van der Waals surface area (Å²) in [5, 5.41) is 0. The summed E-state index contributed by atoms with van der Waals surface area (Å²) < 4.78 is 70.2. The average molecular weight is 598 g/mol. The number of aromatic amines is 1. The highest BCUT2D eigenvalue weighted by Crippen LogP contribution is 2.50. The molecule has 2 atom stereocenters. The lowest BCUT2D eigenvalue weighted by Crippen LogP contribution is -2.16. The number of nitrogen functional groups attached to an aromatic ring is 1. The van der Waals surface area contributed by atoms with Crippen LogP contribution in [0.15, 0.2) is 53.0 Å². The number of imidazole rings is 1. The first-order valence-electron chi connectivity index (χ1n) is 12.6. The van der Waals surface area contributed by atoms with Crippen molar-refractivity contribution < 1.29 is 41.4 Å². The Morgan fingerprint density at radius 3 is 2.76 bits per heavy atom. The minimum atomic E-state index is -3.98. The molecule has 1 aliphatic carbocycles. The van der Waals surface area contributed by atoms with Gasteiger partial charge < -0.3 is 29.0 Å². The van der Waals surface area contributed by atoms with E-state index in [-0.39, 0.29) is 67.7 Å². The predicted molar refractivity (Wildman–Crippen MR) is 142 cm³/mol. The third-order valence-electron chi connectivity index (χ3n) is 6.35. The van der Waals surface area contributed by atoms with E-state index in [1.807, 2.05) is 6.07 Å². The van der Waals surface area contributed by atoms with Gasteiger partial charge in [-0.15, -0.1) is 0 Å². The molecule has 0 amide bonds. The quantitative estimate of drug-likeness (QED) is 0.114. The lowest BCUT2D eigenvalue weighted by atomic mass is 10.0. The Bertz CT molecular complexity index is 1480. The normalized spacial score (nSPS) is 18.6. The molecule has 2 aromatic heterocycles. The molecule has 41 heavy (non-hydrogen) atoms. The van der Waals surface area contributed by atoms with Crippen molar-refractivity contribution in [2.75, 3.05) is 32.4 Å². The van der Waals surface area contributed by atoms with Crippen LogP contribution in [0.2, 0.25) is 0 Å². The summed E-state index contributed by atoms with van der Waals surface area (Å²) in [6.07, 6.45) is 0.100. The molecule has 1 aromatic carbocycles. The lowest BCUT2D eigenvalue weighted by molar-refractivity contribution is -0.126. The molecule has 16 heteroatoms. The van der Waals surface area contributed by atoms with Crippen molar-refractivity contribution in [1.29, 1.82) is 0 Å². The lowest BCUT2D eigenvalue weighted by Gasteiger charge is -2.21. The van der Waals surface area contributed by atoms with Crippen LogP contribution in [0.5, 0.6) is 0 Å². The van der Waals surface area contributed by atoms with Crippen LogP contribution < -0.4 is 11.3 Å². The van der Waals surface area contributed by atoms with Gasteiger partial charge in [0.2, 0.25) is 11.9 Å². The number of H-pyrrole nitrogens is 1. The summed E-state index contributed by atoms with van der Waals surface area (Å²) in [6.45, 7) is -0.254. The number of rotatable bonds is 15. The van der Waals surface area contributed by atoms with Crippen molar-refractivity contribution in [1.82, 2.24) is 19.5 Å². The van der Waals surface area contributed by atoms with Crippen molar-refractivity contribution in [2.24, 2.45) is 5.92 Å². The fourth-order valence-electron chi connectivity index (χ4n) is 4.34. The molecular weight excluding hydrogens is 567 g/mol. The van der Waals surface area contributed by atoms with Gasteiger partial charge >= 0.3 is 7.60 Å². The van der Waals surface area contributed by atoms with Crippen molar-refractivity contribution in [3.8, 4) is 0 Å². The SMILES string of the molecule is CO/C(COP(=O)(COCCn1cnc2c(=O)[nH]c(N)nc21)OCc1ccccc1)=C(\OC=O)C1CCC(F)(F)C1. The van der Waals surface area contributed by atoms with Crippen LogP contribution in [0.3, 0.4) is 0 Å². The van der Waals surface area contributed by atoms with Crippen LogP contribution in [0, 0.1) is 5.92 Å². The number of carbonyl (C=O) groups is 1. The number of anilines is 1. The molecule has 1 fully saturated rings. The third-order valence-corrected chi connectivity index (χ3v) is 7.90. The first-order chi connectivity index (χ1) is 19.6. The zero-order chi connectivity index (χ0) is 29.5. The molecular formula is C25H30F2N5O8P. The van der Waals surface area contributed by atoms with Gasteiger partial charge in [-0.3, -0.25) is 23.7 Å². The Hall–Kier alpha value is -3.65. The van der Waals surface area contributed by atoms with E-state index >= 15 is 0 Å². The molecule has 2 unspecified atom stereocenters. The van der Waals surface area contributed by atoms with Crippen LogP contribution in [0.25, 0.3) is 11.2 Å². The van der Waals surface area contributed by atoms with E-state index in [0.717, 1.165) is 5.56 Å². The number of nitrogens with one attached hydrogen (secondary N) is 1. The molecule has 0 spiro atoms. The number of nitrogens with two attached hydrogens (primary N) is 1. The van der Waals surface area contributed by atoms with Gasteiger partial charge in [-0.1, -0.05) is 30.3 Å². The molecule has 2 heterocycles. The number of fused-ring (bicyclic) bond motifs is 1. The number of hydrogen-bond donors (Lipinski definition) is 2. The van der Waals surface area contributed by atoms with Gasteiger partial charge in [0, 0.05) is 25.3 Å². The molecule has 0 aliphatic heterocycles. The smallest absolute Gasteiger partial charge is 0.356 e. The molecule has 0 bridgehead atoms. The number of halogens is 2. The van der Waals surface area contributed by atoms with E-state index in [4.69, 9.17) is 29.0 Å². The highest BCUT2D eigenvalue weighted by Gasteiger charge is 2.43. The number of alkyl halides is 2. The van der Waals surface area contributed by atoms with Gasteiger partial charge in [-0.25, -0.2) is 13.8 Å². The van der Waals surface area contributed by atoms with Crippen molar-refractivity contribution in [3.05, 3.63) is 64.1 Å². The second kappa shape index (κ2) is 13.3. The molecule has 13 nitrogen and oxygen atoms in total. The van der Waals surface area contributed by atoms with E-state index in [9.17, 15) is 22.9 Å². The molecule has 3 N–H and O–H groups in total. The minimum absolute atomic E-state index is 0.00548. The Morgan fingerprint density at radius 1 is 1.29 bits per heavy atom. The maximum Gasteiger partial charge on any atom is 0.356 e. The highest BCUT2D eigenvalue weighted by molar-refractivity contribution is 7.53. The van der Waals surface area contributed by atoms with Gasteiger partial charge in [0.25, 0.3) is 12.0 Å². The first-order valence-corrected chi connectivity index (χ1v) is 14.3. The maximum atomic E-state index is 13.8. The fourth-order valence-corrected chi connectivity index (χ4v) is 5.57. The number of nitrogens with zero attached hydrogens (tertiary/aromatic N) is 3. The van der Waals surface area contributed by atoms with Gasteiger partial charge in [0.05, 0.1) is 26.7 Å². The molecule has 4 rings (SSSR count). The molecule has 0 radical (unpaired) electrons. The van der Waals surface area contributed by atoms with E-state index in [2.05, 4.69) is 15.0 Å². The summed E-state index contributed by atoms with van der Waals surface area (Å²) in [5.74, 6) is -3.93. The number of hydrogen-bond acceptors (Lipinski definition) is 11. The molecule has 3 aromatic rings. The second-order valence-corrected chi connectivity index (χ2v) is 11.2. The van der Waals surface area contributed by atoms with Gasteiger partial charge in [0.15, 0.2) is 22.7 Å². The standard InChI is InChI=1S/C25H30F2N5O8P/c1-36-19(21(38-15-33)18-7-8-25(26,27)11-18)13-40-41(35,39-12-17-5-3-2-4-6-17)16-37-10-9-32-14-29-20-22(32)30-24(28)31-23(20)34/h2-6,14-15,18H,7-13,16H2,1H3,(H3,28,30,31,34)/b21-19-. The Labute approximate surface area is 233 Å². The number of carbonyl (C=O) groups excluding carboxylic acids is 1. The summed E-state index contributed by atoms with van der Waals surface area (Å²) >= 11 is 0. The predicted octanol–water partition coefficient (Wildman–Crippen LogP) is 3.57. The minimum Gasteiger partial charge on any atom is -0.495 e. The Kier molecular flexibility index (Phi) is 9.86. The molecule has 0 saturated heterocycles. The number of allylic oxidation sites excluding steroid dienone is 1. The maximum absolute atomic E-state index is 13.8. The molecule has 1 aliphatic rings. The number of benzene rings is 1. The van der Waals surface area contributed by atoms with Crippen LogP contribution in [-0.4, -0.2) is 58.6 Å². The van der Waals surface area contributed by atoms with Gasteiger partial charge in [-0.2, -0.15) is 4.98 Å². The third kappa shape index (κ3) is 7.97. The summed E-state index contributed by atoms with van der Waals surface area (Å²) in [4.78, 5) is 33.6. The molecule has 222 valence electrons. The van der Waals surface area contributed by atoms with Crippen LogP contribution in [-0.2, 0) is 45.8 Å². The van der Waals surface area contributed by atoms with E-state index in [1.54, 1.807) is 28.8 Å². The van der Waals surface area contributed by atoms with E-state index in [1.165, 1.54) is 13.4 Å². The van der Waals surface area contributed by atoms with Crippen LogP contribution in [0.4, 0.5) is 14.7 Å². The van der Waals surface area contributed by atoms with Gasteiger partial charge in [-0.05, 0) is 12.0 Å². The topological polar surface area (TPSA) is 170 Å². The van der Waals surface area contributed by atoms with Crippen molar-refractivity contribution >= 4 is 31.2 Å². The monoisotopic (exact) mass is 597 g/mol. The van der Waals surface area contributed by atoms with Crippen LogP contribution in [0.1, 0.15) is 24.8 Å². The van der Waals surface area contributed by atoms with Crippen molar-refractivity contribution in [2.45, 2.75) is 38.3 Å². The Morgan fingerprint density at radius 2 is 2.07 bits per heavy atom. The van der Waals surface area contributed by atoms with Gasteiger partial charge in [0.1, 0.15) is 13.0 Å². The number of ether oxygens (including phenoxy) is 3. The summed E-state index contributed by atoms with van der Waals surface area (Å²) in [7, 11) is -2.72. The summed E-state index contributed by atoms with van der Waals surface area (Å²) in [6, 6.07) is 8.93. The fraction of sp³-hybridized carbons (Fsp3) is 0.440. The molecule has 1 saturated carbocycles. The number of methoxy groups -OCH3 is 1. The average Bonchev–Trinajstić information content (AvgIpc) is 3.52. The Balaban J connectivity index is 1.45. The van der Waals surface area contributed by atoms with E-state index < -0.39 is 44.4 Å². The second-order valence-electron chi connectivity index (χ2n) is 9.24. The number of aromatic nitrogens is 4. The van der Waals surface area contributed by atoms with E-state index in [0.29, 0.717) is 0 Å². The van der Waals surface area contributed by atoms with Crippen molar-refractivity contribution in [3.63, 3.8) is 0 Å². The zero-order valence-corrected chi connectivity index (χ0v) is 23.1.